The summed E-state index contributed by atoms with van der Waals surface area (Å²) in [6.07, 6.45) is 1.35. The maximum atomic E-state index is 12.7. The second-order valence-corrected chi connectivity index (χ2v) is 5.73. The van der Waals surface area contributed by atoms with Gasteiger partial charge in [-0.1, -0.05) is 38.5 Å². The van der Waals surface area contributed by atoms with Gasteiger partial charge in [0, 0.05) is 25.7 Å². The van der Waals surface area contributed by atoms with Crippen LogP contribution in [0.5, 0.6) is 0 Å². The van der Waals surface area contributed by atoms with Gasteiger partial charge in [0.25, 0.3) is 0 Å². The molecule has 5 nitrogen and oxygen atoms in total. The average molecular weight is 290 g/mol. The summed E-state index contributed by atoms with van der Waals surface area (Å²) in [6.45, 7) is 4.78. The number of anilines is 1. The molecule has 0 bridgehead atoms. The summed E-state index contributed by atoms with van der Waals surface area (Å²) >= 11 is 0. The molecular weight excluding hydrogens is 268 g/mol. The van der Waals surface area contributed by atoms with Gasteiger partial charge in [0.15, 0.2) is 0 Å². The number of fused-ring (bicyclic) bond motifs is 1. The summed E-state index contributed by atoms with van der Waals surface area (Å²) in [4.78, 5) is 27.2. The van der Waals surface area contributed by atoms with Crippen molar-refractivity contribution in [3.63, 3.8) is 0 Å². The van der Waals surface area contributed by atoms with Crippen LogP contribution in [0.1, 0.15) is 25.8 Å². The van der Waals surface area contributed by atoms with E-state index in [1.807, 2.05) is 24.3 Å². The summed E-state index contributed by atoms with van der Waals surface area (Å²) in [5.41, 5.74) is 1.63. The summed E-state index contributed by atoms with van der Waals surface area (Å²) in [5.74, 6) is -0.573. The van der Waals surface area contributed by atoms with E-state index in [2.05, 4.69) is 13.8 Å². The number of rotatable bonds is 4. The number of benzene rings is 1. The summed E-state index contributed by atoms with van der Waals surface area (Å²) in [6, 6.07) is 6.34. The van der Waals surface area contributed by atoms with Crippen molar-refractivity contribution in [2.24, 2.45) is 5.92 Å². The Balaban J connectivity index is 2.26. The molecule has 21 heavy (non-hydrogen) atoms. The highest BCUT2D eigenvalue weighted by molar-refractivity contribution is 6.00. The Bertz CT molecular complexity index is 544. The maximum Gasteiger partial charge on any atom is 0.327 e. The minimum Gasteiger partial charge on any atom is -0.480 e. The number of carbonyl (C=O) groups excluding carboxylic acids is 1. The molecule has 1 aromatic rings. The largest absolute Gasteiger partial charge is 0.480 e. The smallest absolute Gasteiger partial charge is 0.327 e. The van der Waals surface area contributed by atoms with Crippen molar-refractivity contribution in [3.8, 4) is 0 Å². The Morgan fingerprint density at radius 1 is 1.43 bits per heavy atom. The molecule has 5 heteroatoms. The molecule has 1 aliphatic heterocycles. The molecule has 114 valence electrons. The van der Waals surface area contributed by atoms with E-state index in [9.17, 15) is 14.7 Å². The van der Waals surface area contributed by atoms with Crippen LogP contribution in [0, 0.1) is 5.92 Å². The lowest BCUT2D eigenvalue weighted by atomic mass is 10.1. The zero-order valence-corrected chi connectivity index (χ0v) is 12.7. The summed E-state index contributed by atoms with van der Waals surface area (Å²) in [5, 5.41) is 9.40. The number of para-hydroxylation sites is 1. The number of carboxylic acids is 1. The van der Waals surface area contributed by atoms with Crippen LogP contribution in [-0.4, -0.2) is 41.6 Å². The van der Waals surface area contributed by atoms with E-state index in [-0.39, 0.29) is 6.03 Å². The van der Waals surface area contributed by atoms with Gasteiger partial charge in [-0.25, -0.2) is 9.59 Å². The highest BCUT2D eigenvalue weighted by Gasteiger charge is 2.39. The first-order valence-electron chi connectivity index (χ1n) is 7.30. The van der Waals surface area contributed by atoms with Crippen molar-refractivity contribution in [3.05, 3.63) is 29.8 Å². The number of hydrogen-bond acceptors (Lipinski definition) is 2. The molecule has 2 amide bonds. The second kappa shape index (κ2) is 6.16. The molecule has 1 heterocycles. The summed E-state index contributed by atoms with van der Waals surface area (Å²) < 4.78 is 0. The molecule has 2 rings (SSSR count). The van der Waals surface area contributed by atoms with E-state index in [0.717, 1.165) is 12.0 Å². The van der Waals surface area contributed by atoms with Gasteiger partial charge in [0.2, 0.25) is 0 Å². The summed E-state index contributed by atoms with van der Waals surface area (Å²) in [7, 11) is 1.73. The highest BCUT2D eigenvalue weighted by Crippen LogP contribution is 2.33. The Kier molecular flexibility index (Phi) is 4.50. The van der Waals surface area contributed by atoms with Gasteiger partial charge in [0.05, 0.1) is 0 Å². The van der Waals surface area contributed by atoms with E-state index in [1.165, 1.54) is 4.90 Å². The molecule has 0 saturated heterocycles. The minimum absolute atomic E-state index is 0.243. The Morgan fingerprint density at radius 3 is 2.71 bits per heavy atom. The predicted molar refractivity (Wildman–Crippen MR) is 81.5 cm³/mol. The van der Waals surface area contributed by atoms with Crippen molar-refractivity contribution in [1.29, 1.82) is 0 Å². The molecule has 0 aromatic heterocycles. The number of amides is 2. The van der Waals surface area contributed by atoms with Gasteiger partial charge in [-0.05, 0) is 17.5 Å². The lowest BCUT2D eigenvalue weighted by molar-refractivity contribution is -0.138. The molecule has 2 unspecified atom stereocenters. The molecule has 1 aromatic carbocycles. The Labute approximate surface area is 125 Å². The van der Waals surface area contributed by atoms with Crippen LogP contribution in [0.15, 0.2) is 24.3 Å². The third kappa shape index (κ3) is 3.01. The number of urea groups is 1. The zero-order chi connectivity index (χ0) is 15.6. The molecule has 1 N–H and O–H groups in total. The van der Waals surface area contributed by atoms with Crippen LogP contribution in [0.4, 0.5) is 10.5 Å². The van der Waals surface area contributed by atoms with E-state index >= 15 is 0 Å². The predicted octanol–water partition coefficient (Wildman–Crippen LogP) is 2.60. The molecule has 0 saturated carbocycles. The Hall–Kier alpha value is -2.04. The van der Waals surface area contributed by atoms with E-state index in [4.69, 9.17) is 0 Å². The lowest BCUT2D eigenvalue weighted by Crippen LogP contribution is -2.49. The average Bonchev–Trinajstić information content (AvgIpc) is 2.85. The topological polar surface area (TPSA) is 60.9 Å². The molecular formula is C16H22N2O3. The number of hydrogen-bond donors (Lipinski definition) is 1. The lowest BCUT2D eigenvalue weighted by Gasteiger charge is -2.29. The normalized spacial score (nSPS) is 18.2. The zero-order valence-electron chi connectivity index (χ0n) is 12.7. The van der Waals surface area contributed by atoms with Crippen LogP contribution in [0.25, 0.3) is 0 Å². The van der Waals surface area contributed by atoms with Gasteiger partial charge in [-0.2, -0.15) is 0 Å². The van der Waals surface area contributed by atoms with Gasteiger partial charge >= 0.3 is 12.0 Å². The van der Waals surface area contributed by atoms with Crippen molar-refractivity contribution in [2.75, 3.05) is 18.5 Å². The molecule has 0 fully saturated rings. The molecule has 1 aliphatic rings. The fourth-order valence-electron chi connectivity index (χ4n) is 2.68. The molecule has 0 radical (unpaired) electrons. The van der Waals surface area contributed by atoms with Crippen LogP contribution < -0.4 is 4.90 Å². The molecule has 0 spiro atoms. The molecule has 0 aliphatic carbocycles. The van der Waals surface area contributed by atoms with Crippen LogP contribution >= 0.6 is 0 Å². The number of nitrogens with zero attached hydrogens (tertiary/aromatic N) is 2. The third-order valence-corrected chi connectivity index (χ3v) is 4.08. The van der Waals surface area contributed by atoms with Crippen LogP contribution in [0.3, 0.4) is 0 Å². The number of carbonyl (C=O) groups is 2. The highest BCUT2D eigenvalue weighted by atomic mass is 16.4. The second-order valence-electron chi connectivity index (χ2n) is 5.73. The fourth-order valence-corrected chi connectivity index (χ4v) is 2.68. The Morgan fingerprint density at radius 2 is 2.10 bits per heavy atom. The van der Waals surface area contributed by atoms with Gasteiger partial charge in [-0.15, -0.1) is 0 Å². The first kappa shape index (κ1) is 15.4. The van der Waals surface area contributed by atoms with E-state index in [0.29, 0.717) is 24.6 Å². The maximum absolute atomic E-state index is 12.7. The van der Waals surface area contributed by atoms with E-state index in [1.54, 1.807) is 11.9 Å². The van der Waals surface area contributed by atoms with Crippen molar-refractivity contribution < 1.29 is 14.7 Å². The van der Waals surface area contributed by atoms with Crippen molar-refractivity contribution in [1.82, 2.24) is 4.90 Å². The monoisotopic (exact) mass is 290 g/mol. The van der Waals surface area contributed by atoms with E-state index < -0.39 is 12.0 Å². The minimum atomic E-state index is -0.962. The van der Waals surface area contributed by atoms with Gasteiger partial charge < -0.3 is 10.0 Å². The number of aliphatic carboxylic acids is 1. The van der Waals surface area contributed by atoms with Crippen molar-refractivity contribution >= 4 is 17.7 Å². The third-order valence-electron chi connectivity index (χ3n) is 4.08. The SMILES string of the molecule is CCC(C)CN(C)C(=O)N1c2ccccc2CC1C(=O)O. The standard InChI is InChI=1S/C16H22N2O3/c1-4-11(2)10-17(3)16(21)18-13-8-6-5-7-12(13)9-14(18)15(19)20/h5-8,11,14H,4,9-10H2,1-3H3,(H,19,20). The van der Waals surface area contributed by atoms with Crippen LogP contribution in [-0.2, 0) is 11.2 Å². The van der Waals surface area contributed by atoms with Crippen LogP contribution in [0.2, 0.25) is 0 Å². The van der Waals surface area contributed by atoms with Gasteiger partial charge in [0.1, 0.15) is 6.04 Å². The number of carboxylic acid groups (broad SMARTS) is 1. The fraction of sp³-hybridized carbons (Fsp3) is 0.500. The molecule has 2 atom stereocenters. The first-order valence-corrected chi connectivity index (χ1v) is 7.30. The van der Waals surface area contributed by atoms with Gasteiger partial charge in [-0.3, -0.25) is 4.90 Å². The quantitative estimate of drug-likeness (QED) is 0.927. The first-order chi connectivity index (χ1) is 9.95. The van der Waals surface area contributed by atoms with Crippen molar-refractivity contribution in [2.45, 2.75) is 32.7 Å².